The third kappa shape index (κ3) is 5.91. The van der Waals surface area contributed by atoms with Crippen molar-refractivity contribution in [3.8, 4) is 0 Å². The van der Waals surface area contributed by atoms with E-state index in [1.807, 2.05) is 42.7 Å². The van der Waals surface area contributed by atoms with E-state index in [0.29, 0.717) is 22.7 Å². The molecule has 1 aliphatic heterocycles. The second-order valence-electron chi connectivity index (χ2n) is 8.66. The highest BCUT2D eigenvalue weighted by atomic mass is 32.2. The van der Waals surface area contributed by atoms with Gasteiger partial charge in [0.05, 0.1) is 22.9 Å². The minimum atomic E-state index is -3.58. The number of thioether (sulfide) groups is 1. The number of sulfone groups is 1. The average Bonchev–Trinajstić information content (AvgIpc) is 2.90. The van der Waals surface area contributed by atoms with Gasteiger partial charge in [-0.15, -0.1) is 11.8 Å². The lowest BCUT2D eigenvalue weighted by Crippen LogP contribution is -2.37. The SMILES string of the molecule is CCCC[C@]1(CC)CN(c2ccccc2)c2cc(SC)c(COCC(=O)O)cc2S(=O)(=O)C1. The highest BCUT2D eigenvalue weighted by Crippen LogP contribution is 2.45. The standard InChI is InChI=1S/C25H33NO5S2/c1-4-6-12-25(5-2)17-26(20-10-8-7-9-11-20)21-14-22(32-3)19(15-31-16-24(27)28)13-23(21)33(29,30)18-25/h7-11,13-14H,4-6,12,15-18H2,1-3H3,(H,27,28)/t25-/m1/s1. The van der Waals surface area contributed by atoms with E-state index in [0.717, 1.165) is 36.3 Å². The van der Waals surface area contributed by atoms with Crippen LogP contribution in [0.15, 0.2) is 52.3 Å². The minimum Gasteiger partial charge on any atom is -0.480 e. The summed E-state index contributed by atoms with van der Waals surface area (Å²) >= 11 is 1.50. The van der Waals surface area contributed by atoms with Gasteiger partial charge in [0.25, 0.3) is 0 Å². The third-order valence-electron chi connectivity index (χ3n) is 6.34. The molecular weight excluding hydrogens is 458 g/mol. The molecule has 2 aromatic carbocycles. The summed E-state index contributed by atoms with van der Waals surface area (Å²) in [6, 6.07) is 13.6. The fourth-order valence-corrected chi connectivity index (χ4v) is 7.30. The van der Waals surface area contributed by atoms with E-state index < -0.39 is 22.4 Å². The Morgan fingerprint density at radius 2 is 1.94 bits per heavy atom. The van der Waals surface area contributed by atoms with E-state index in [4.69, 9.17) is 9.84 Å². The van der Waals surface area contributed by atoms with Crippen molar-refractivity contribution >= 4 is 38.9 Å². The van der Waals surface area contributed by atoms with Crippen molar-refractivity contribution in [3.05, 3.63) is 48.0 Å². The molecule has 0 unspecified atom stereocenters. The number of hydrogen-bond donors (Lipinski definition) is 1. The van der Waals surface area contributed by atoms with Crippen LogP contribution in [0.2, 0.25) is 0 Å². The summed E-state index contributed by atoms with van der Waals surface area (Å²) in [7, 11) is -3.58. The van der Waals surface area contributed by atoms with Crippen molar-refractivity contribution in [3.63, 3.8) is 0 Å². The Balaban J connectivity index is 2.18. The number of carbonyl (C=O) groups is 1. The maximum absolute atomic E-state index is 13.8. The minimum absolute atomic E-state index is 0.0470. The highest BCUT2D eigenvalue weighted by molar-refractivity contribution is 7.98. The summed E-state index contributed by atoms with van der Waals surface area (Å²) in [5.74, 6) is -0.956. The van der Waals surface area contributed by atoms with E-state index in [1.54, 1.807) is 6.07 Å². The smallest absolute Gasteiger partial charge is 0.329 e. The second-order valence-corrected chi connectivity index (χ2v) is 11.5. The molecule has 0 aliphatic carbocycles. The third-order valence-corrected chi connectivity index (χ3v) is 9.15. The number of benzene rings is 2. The zero-order chi connectivity index (χ0) is 24.1. The second kappa shape index (κ2) is 10.9. The first-order valence-electron chi connectivity index (χ1n) is 11.3. The Hall–Kier alpha value is -2.03. The summed E-state index contributed by atoms with van der Waals surface area (Å²) in [5.41, 5.74) is 1.98. The summed E-state index contributed by atoms with van der Waals surface area (Å²) in [4.78, 5) is 14.2. The summed E-state index contributed by atoms with van der Waals surface area (Å²) in [6.07, 6.45) is 5.54. The Morgan fingerprint density at radius 3 is 2.55 bits per heavy atom. The van der Waals surface area contributed by atoms with Gasteiger partial charge in [0, 0.05) is 22.5 Å². The average molecular weight is 492 g/mol. The molecule has 1 N–H and O–H groups in total. The van der Waals surface area contributed by atoms with Crippen LogP contribution in [0.25, 0.3) is 0 Å². The van der Waals surface area contributed by atoms with Crippen LogP contribution in [0.5, 0.6) is 0 Å². The molecule has 1 atom stereocenters. The van der Waals surface area contributed by atoms with Gasteiger partial charge in [0.15, 0.2) is 9.84 Å². The first-order valence-corrected chi connectivity index (χ1v) is 14.2. The number of aliphatic carboxylic acids is 1. The number of hydrogen-bond acceptors (Lipinski definition) is 6. The summed E-state index contributed by atoms with van der Waals surface area (Å²) in [5, 5.41) is 8.91. The lowest BCUT2D eigenvalue weighted by molar-refractivity contribution is -0.142. The molecule has 3 rings (SSSR count). The van der Waals surface area contributed by atoms with Crippen molar-refractivity contribution in [2.24, 2.45) is 5.41 Å². The number of nitrogens with zero attached hydrogens (tertiary/aromatic N) is 1. The maximum Gasteiger partial charge on any atom is 0.329 e. The molecule has 0 amide bonds. The largest absolute Gasteiger partial charge is 0.480 e. The summed E-state index contributed by atoms with van der Waals surface area (Å²) < 4.78 is 32.9. The van der Waals surface area contributed by atoms with Crippen LogP contribution in [-0.4, -0.2) is 44.7 Å². The van der Waals surface area contributed by atoms with Gasteiger partial charge in [-0.2, -0.15) is 0 Å². The fourth-order valence-electron chi connectivity index (χ4n) is 4.48. The van der Waals surface area contributed by atoms with Gasteiger partial charge in [-0.3, -0.25) is 0 Å². The topological polar surface area (TPSA) is 83.9 Å². The van der Waals surface area contributed by atoms with Crippen LogP contribution >= 0.6 is 11.8 Å². The molecule has 0 fully saturated rings. The van der Waals surface area contributed by atoms with Crippen molar-refractivity contribution in [1.82, 2.24) is 0 Å². The van der Waals surface area contributed by atoms with Gasteiger partial charge in [-0.1, -0.05) is 44.9 Å². The van der Waals surface area contributed by atoms with Crippen molar-refractivity contribution in [2.75, 3.05) is 30.1 Å². The van der Waals surface area contributed by atoms with Gasteiger partial charge >= 0.3 is 5.97 Å². The van der Waals surface area contributed by atoms with E-state index in [9.17, 15) is 13.2 Å². The lowest BCUT2D eigenvalue weighted by atomic mass is 9.81. The number of rotatable bonds is 10. The Morgan fingerprint density at radius 1 is 1.21 bits per heavy atom. The Labute approximate surface area is 201 Å². The molecule has 33 heavy (non-hydrogen) atoms. The first kappa shape index (κ1) is 25.6. The molecule has 1 heterocycles. The number of carboxylic acid groups (broad SMARTS) is 1. The zero-order valence-electron chi connectivity index (χ0n) is 19.5. The monoisotopic (exact) mass is 491 g/mol. The molecule has 0 aromatic heterocycles. The van der Waals surface area contributed by atoms with Gasteiger partial charge in [-0.25, -0.2) is 13.2 Å². The predicted octanol–water partition coefficient (Wildman–Crippen LogP) is 5.52. The van der Waals surface area contributed by atoms with E-state index in [-0.39, 0.29) is 17.8 Å². The van der Waals surface area contributed by atoms with Crippen molar-refractivity contribution < 1.29 is 23.1 Å². The van der Waals surface area contributed by atoms with Gasteiger partial charge in [-0.05, 0) is 48.9 Å². The Kier molecular flexibility index (Phi) is 8.48. The number of unbranched alkanes of at least 4 members (excludes halogenated alkanes) is 1. The molecular formula is C25H33NO5S2. The molecule has 8 heteroatoms. The zero-order valence-corrected chi connectivity index (χ0v) is 21.2. The number of para-hydroxylation sites is 1. The fraction of sp³-hybridized carbons (Fsp3) is 0.480. The quantitative estimate of drug-likeness (QED) is 0.438. The maximum atomic E-state index is 13.8. The van der Waals surface area contributed by atoms with Crippen molar-refractivity contribution in [2.45, 2.75) is 55.9 Å². The van der Waals surface area contributed by atoms with Crippen LogP contribution < -0.4 is 4.90 Å². The lowest BCUT2D eigenvalue weighted by Gasteiger charge is -2.36. The highest BCUT2D eigenvalue weighted by Gasteiger charge is 2.41. The van der Waals surface area contributed by atoms with Gasteiger partial charge in [0.1, 0.15) is 6.61 Å². The molecule has 0 radical (unpaired) electrons. The molecule has 2 aromatic rings. The van der Waals surface area contributed by atoms with Crippen LogP contribution in [0.3, 0.4) is 0 Å². The number of carboxylic acids is 1. The van der Waals surface area contributed by atoms with Gasteiger partial charge in [0.2, 0.25) is 0 Å². The normalized spacial score (nSPS) is 19.7. The predicted molar refractivity (Wildman–Crippen MR) is 133 cm³/mol. The molecule has 0 bridgehead atoms. The van der Waals surface area contributed by atoms with E-state index in [2.05, 4.69) is 18.7 Å². The van der Waals surface area contributed by atoms with Gasteiger partial charge < -0.3 is 14.7 Å². The van der Waals surface area contributed by atoms with Crippen molar-refractivity contribution in [1.29, 1.82) is 0 Å². The molecule has 1 aliphatic rings. The molecule has 6 nitrogen and oxygen atoms in total. The Bertz CT molecular complexity index is 1070. The molecule has 0 saturated carbocycles. The van der Waals surface area contributed by atoms with Crippen LogP contribution in [-0.2, 0) is 26.0 Å². The van der Waals surface area contributed by atoms with Crippen LogP contribution in [0.1, 0.15) is 45.1 Å². The summed E-state index contributed by atoms with van der Waals surface area (Å²) in [6.45, 7) is 4.47. The number of anilines is 2. The van der Waals surface area contributed by atoms with E-state index in [1.165, 1.54) is 11.8 Å². The first-order chi connectivity index (χ1) is 15.7. The molecule has 0 spiro atoms. The number of ether oxygens (including phenoxy) is 1. The van der Waals surface area contributed by atoms with Crippen LogP contribution in [0.4, 0.5) is 11.4 Å². The molecule has 180 valence electrons. The molecule has 0 saturated heterocycles. The number of fused-ring (bicyclic) bond motifs is 1. The van der Waals surface area contributed by atoms with Crippen LogP contribution in [0, 0.1) is 5.41 Å². The van der Waals surface area contributed by atoms with E-state index >= 15 is 0 Å².